The zero-order valence-corrected chi connectivity index (χ0v) is 10.3. The minimum atomic E-state index is 0.560. The van der Waals surface area contributed by atoms with E-state index in [2.05, 4.69) is 29.2 Å². The second-order valence-corrected chi connectivity index (χ2v) is 5.55. The van der Waals surface area contributed by atoms with Gasteiger partial charge in [0.15, 0.2) is 0 Å². The number of rotatable bonds is 4. The lowest BCUT2D eigenvalue weighted by molar-refractivity contribution is 0.205. The minimum Gasteiger partial charge on any atom is -0.312 e. The molecule has 0 unspecified atom stereocenters. The molecule has 0 atom stereocenters. The first-order valence-corrected chi connectivity index (χ1v) is 6.21. The number of hydrogen-bond donors (Lipinski definition) is 1. The molecule has 1 aromatic rings. The van der Waals surface area contributed by atoms with Gasteiger partial charge in [0, 0.05) is 12.6 Å². The lowest BCUT2D eigenvalue weighted by atomic mass is 9.75. The first-order valence-electron chi connectivity index (χ1n) is 6.21. The van der Waals surface area contributed by atoms with Crippen LogP contribution in [0.2, 0.25) is 0 Å². The molecule has 0 aromatic carbocycles. The Morgan fingerprint density at radius 3 is 2.75 bits per heavy atom. The van der Waals surface area contributed by atoms with E-state index in [-0.39, 0.29) is 0 Å². The molecule has 1 fully saturated rings. The Labute approximate surface area is 97.5 Å². The molecule has 1 saturated carbocycles. The molecule has 1 aliphatic carbocycles. The average molecular weight is 222 g/mol. The van der Waals surface area contributed by atoms with Crippen LogP contribution >= 0.6 is 0 Å². The van der Waals surface area contributed by atoms with Gasteiger partial charge in [-0.2, -0.15) is 5.10 Å². The van der Waals surface area contributed by atoms with Crippen molar-refractivity contribution in [1.29, 1.82) is 0 Å². The Hall–Kier alpha value is -0.900. The fourth-order valence-electron chi connectivity index (χ4n) is 2.33. The fraction of sp³-hybridized carbons (Fsp3) is 0.833. The average Bonchev–Trinajstić information content (AvgIpc) is 2.73. The van der Waals surface area contributed by atoms with Gasteiger partial charge in [0.2, 0.25) is 0 Å². The standard InChI is InChI=1S/C12H22N4/c1-12(2)5-3-11(4-6-12)14-7-8-16-10-13-9-15-16/h9-11,14H,3-8H2,1-2H3. The van der Waals surface area contributed by atoms with Gasteiger partial charge in [0.1, 0.15) is 12.7 Å². The van der Waals surface area contributed by atoms with Crippen LogP contribution in [0.25, 0.3) is 0 Å². The molecule has 0 saturated heterocycles. The molecule has 1 aromatic heterocycles. The Balaban J connectivity index is 1.64. The van der Waals surface area contributed by atoms with Crippen LogP contribution in [-0.4, -0.2) is 27.4 Å². The van der Waals surface area contributed by atoms with Gasteiger partial charge in [-0.3, -0.25) is 4.68 Å². The highest BCUT2D eigenvalue weighted by Gasteiger charge is 2.26. The monoisotopic (exact) mass is 222 g/mol. The van der Waals surface area contributed by atoms with Crippen LogP contribution in [0.4, 0.5) is 0 Å². The summed E-state index contributed by atoms with van der Waals surface area (Å²) in [6, 6.07) is 0.705. The van der Waals surface area contributed by atoms with Crippen LogP contribution in [0.1, 0.15) is 39.5 Å². The van der Waals surface area contributed by atoms with Gasteiger partial charge in [0.05, 0.1) is 6.54 Å². The van der Waals surface area contributed by atoms with Crippen molar-refractivity contribution in [2.45, 2.75) is 52.1 Å². The van der Waals surface area contributed by atoms with E-state index in [4.69, 9.17) is 0 Å². The Morgan fingerprint density at radius 1 is 1.38 bits per heavy atom. The third-order valence-electron chi connectivity index (χ3n) is 3.58. The predicted octanol–water partition coefficient (Wildman–Crippen LogP) is 1.84. The van der Waals surface area contributed by atoms with Crippen molar-refractivity contribution in [2.24, 2.45) is 5.41 Å². The first kappa shape index (κ1) is 11.6. The van der Waals surface area contributed by atoms with Crippen molar-refractivity contribution >= 4 is 0 Å². The van der Waals surface area contributed by atoms with Crippen molar-refractivity contribution in [2.75, 3.05) is 6.54 Å². The third kappa shape index (κ3) is 3.30. The Morgan fingerprint density at radius 2 is 2.12 bits per heavy atom. The Kier molecular flexibility index (Phi) is 3.59. The van der Waals surface area contributed by atoms with Crippen LogP contribution in [-0.2, 0) is 6.54 Å². The van der Waals surface area contributed by atoms with Gasteiger partial charge in [-0.15, -0.1) is 0 Å². The highest BCUT2D eigenvalue weighted by Crippen LogP contribution is 2.34. The molecule has 0 bridgehead atoms. The summed E-state index contributed by atoms with van der Waals surface area (Å²) >= 11 is 0. The molecule has 0 radical (unpaired) electrons. The summed E-state index contributed by atoms with van der Waals surface area (Å²) in [5, 5.41) is 7.70. The largest absolute Gasteiger partial charge is 0.312 e. The van der Waals surface area contributed by atoms with E-state index in [9.17, 15) is 0 Å². The molecule has 0 spiro atoms. The third-order valence-corrected chi connectivity index (χ3v) is 3.58. The lowest BCUT2D eigenvalue weighted by Crippen LogP contribution is -2.37. The Bertz CT molecular complexity index is 295. The first-order chi connectivity index (χ1) is 7.66. The van der Waals surface area contributed by atoms with E-state index in [1.54, 1.807) is 12.7 Å². The van der Waals surface area contributed by atoms with Crippen LogP contribution < -0.4 is 5.32 Å². The highest BCUT2D eigenvalue weighted by molar-refractivity contribution is 4.81. The van der Waals surface area contributed by atoms with Crippen molar-refractivity contribution < 1.29 is 0 Å². The van der Waals surface area contributed by atoms with Gasteiger partial charge in [-0.1, -0.05) is 13.8 Å². The molecule has 4 heteroatoms. The summed E-state index contributed by atoms with van der Waals surface area (Å²) in [6.07, 6.45) is 8.66. The van der Waals surface area contributed by atoms with E-state index in [1.807, 2.05) is 4.68 Å². The second kappa shape index (κ2) is 4.95. The lowest BCUT2D eigenvalue weighted by Gasteiger charge is -2.34. The summed E-state index contributed by atoms with van der Waals surface area (Å²) < 4.78 is 1.87. The van der Waals surface area contributed by atoms with Crippen LogP contribution in [0, 0.1) is 5.41 Å². The van der Waals surface area contributed by atoms with Crippen LogP contribution in [0.15, 0.2) is 12.7 Å². The van der Waals surface area contributed by atoms with Crippen molar-refractivity contribution in [1.82, 2.24) is 20.1 Å². The van der Waals surface area contributed by atoms with Crippen LogP contribution in [0.5, 0.6) is 0 Å². The van der Waals surface area contributed by atoms with E-state index >= 15 is 0 Å². The fourth-order valence-corrected chi connectivity index (χ4v) is 2.33. The summed E-state index contributed by atoms with van der Waals surface area (Å²) in [4.78, 5) is 3.93. The summed E-state index contributed by atoms with van der Waals surface area (Å²) in [5.41, 5.74) is 0.560. The van der Waals surface area contributed by atoms with Crippen molar-refractivity contribution in [3.05, 3.63) is 12.7 Å². The summed E-state index contributed by atoms with van der Waals surface area (Å²) in [6.45, 7) is 6.66. The molecule has 1 N–H and O–H groups in total. The smallest absolute Gasteiger partial charge is 0.137 e. The number of aromatic nitrogens is 3. The predicted molar refractivity (Wildman–Crippen MR) is 64.1 cm³/mol. The topological polar surface area (TPSA) is 42.7 Å². The number of nitrogens with one attached hydrogen (secondary N) is 1. The molecule has 1 aliphatic rings. The zero-order valence-electron chi connectivity index (χ0n) is 10.3. The van der Waals surface area contributed by atoms with Crippen molar-refractivity contribution in [3.63, 3.8) is 0 Å². The maximum Gasteiger partial charge on any atom is 0.137 e. The van der Waals surface area contributed by atoms with Gasteiger partial charge < -0.3 is 5.32 Å². The van der Waals surface area contributed by atoms with Crippen molar-refractivity contribution in [3.8, 4) is 0 Å². The minimum absolute atomic E-state index is 0.560. The molecule has 2 rings (SSSR count). The van der Waals surface area contributed by atoms with Gasteiger partial charge in [0.25, 0.3) is 0 Å². The summed E-state index contributed by atoms with van der Waals surface area (Å²) in [7, 11) is 0. The van der Waals surface area contributed by atoms with Crippen LogP contribution in [0.3, 0.4) is 0 Å². The van der Waals surface area contributed by atoms with Gasteiger partial charge in [-0.05, 0) is 31.1 Å². The number of hydrogen-bond acceptors (Lipinski definition) is 3. The van der Waals surface area contributed by atoms with E-state index in [0.29, 0.717) is 11.5 Å². The molecular weight excluding hydrogens is 200 g/mol. The molecule has 16 heavy (non-hydrogen) atoms. The maximum atomic E-state index is 4.09. The molecule has 1 heterocycles. The van der Waals surface area contributed by atoms with Gasteiger partial charge in [-0.25, -0.2) is 4.98 Å². The van der Waals surface area contributed by atoms with E-state index < -0.39 is 0 Å². The molecule has 0 aliphatic heterocycles. The SMILES string of the molecule is CC1(C)CCC(NCCn2cncn2)CC1. The highest BCUT2D eigenvalue weighted by atomic mass is 15.3. The molecule has 90 valence electrons. The zero-order chi connectivity index (χ0) is 11.4. The molecular formula is C12H22N4. The second-order valence-electron chi connectivity index (χ2n) is 5.55. The number of nitrogens with zero attached hydrogens (tertiary/aromatic N) is 3. The van der Waals surface area contributed by atoms with Gasteiger partial charge >= 0.3 is 0 Å². The normalized spacial score (nSPS) is 21.1. The van der Waals surface area contributed by atoms with E-state index in [0.717, 1.165) is 13.1 Å². The molecule has 4 nitrogen and oxygen atoms in total. The maximum absolute atomic E-state index is 4.09. The quantitative estimate of drug-likeness (QED) is 0.845. The van der Waals surface area contributed by atoms with E-state index in [1.165, 1.54) is 25.7 Å². The molecule has 0 amide bonds. The summed E-state index contributed by atoms with van der Waals surface area (Å²) in [5.74, 6) is 0.